The van der Waals surface area contributed by atoms with Crippen LogP contribution in [-0.2, 0) is 9.59 Å². The number of nitrogens with zero attached hydrogens (tertiary/aromatic N) is 4. The third kappa shape index (κ3) is 4.83. The molecule has 1 atom stereocenters. The van der Waals surface area contributed by atoms with Gasteiger partial charge in [0.15, 0.2) is 5.82 Å². The Morgan fingerprint density at radius 2 is 1.83 bits per heavy atom. The molecule has 9 heteroatoms. The Morgan fingerprint density at radius 3 is 2.47 bits per heavy atom. The van der Waals surface area contributed by atoms with Crippen LogP contribution in [0.4, 0.5) is 5.69 Å². The smallest absolute Gasteiger partial charge is 0.226 e. The molecule has 0 spiro atoms. The zero-order valence-corrected chi connectivity index (χ0v) is 17.1. The van der Waals surface area contributed by atoms with E-state index in [9.17, 15) is 9.59 Å². The first-order valence-corrected chi connectivity index (χ1v) is 10.1. The van der Waals surface area contributed by atoms with Gasteiger partial charge >= 0.3 is 0 Å². The van der Waals surface area contributed by atoms with Gasteiger partial charge in [0, 0.05) is 23.2 Å². The maximum absolute atomic E-state index is 12.6. The summed E-state index contributed by atoms with van der Waals surface area (Å²) >= 11 is 5.93. The van der Waals surface area contributed by atoms with Crippen molar-refractivity contribution in [2.75, 3.05) is 5.32 Å². The molecule has 0 bridgehead atoms. The van der Waals surface area contributed by atoms with E-state index in [4.69, 9.17) is 11.6 Å². The van der Waals surface area contributed by atoms with E-state index in [1.54, 1.807) is 24.3 Å². The number of halogens is 1. The molecule has 1 aliphatic carbocycles. The fourth-order valence-corrected chi connectivity index (χ4v) is 3.37. The third-order valence-corrected chi connectivity index (χ3v) is 5.10. The molecule has 1 fully saturated rings. The monoisotopic (exact) mass is 424 g/mol. The van der Waals surface area contributed by atoms with Gasteiger partial charge < -0.3 is 10.6 Å². The predicted octanol–water partition coefficient (Wildman–Crippen LogP) is 3.53. The molecular weight excluding hydrogens is 404 g/mol. The second-order valence-corrected chi connectivity index (χ2v) is 7.75. The molecule has 154 valence electrons. The van der Waals surface area contributed by atoms with E-state index in [1.807, 2.05) is 28.9 Å². The molecule has 8 nitrogen and oxygen atoms in total. The van der Waals surface area contributed by atoms with Crippen molar-refractivity contribution in [3.8, 4) is 11.4 Å². The molecule has 1 aromatic heterocycles. The average molecular weight is 425 g/mol. The summed E-state index contributed by atoms with van der Waals surface area (Å²) in [5, 5.41) is 18.2. The van der Waals surface area contributed by atoms with Gasteiger partial charge in [0.1, 0.15) is 0 Å². The first-order chi connectivity index (χ1) is 14.5. The van der Waals surface area contributed by atoms with Gasteiger partial charge in [0.2, 0.25) is 11.8 Å². The third-order valence-electron chi connectivity index (χ3n) is 4.85. The number of amides is 2. The van der Waals surface area contributed by atoms with E-state index >= 15 is 0 Å². The molecule has 1 heterocycles. The van der Waals surface area contributed by atoms with Crippen molar-refractivity contribution >= 4 is 29.1 Å². The zero-order chi connectivity index (χ0) is 21.1. The number of benzene rings is 2. The second kappa shape index (κ2) is 8.62. The topological polar surface area (TPSA) is 102 Å². The molecule has 3 aromatic rings. The maximum Gasteiger partial charge on any atom is 0.226 e. The Labute approximate surface area is 178 Å². The standard InChI is InChI=1S/C21H21ClN6O2/c1-13(29)23-19(14-2-6-16(22)7-3-14)12-20(30)24-17-8-4-15(5-9-17)21-25-26-27-28(21)18-10-11-18/h2-9,18-19H,10-12H2,1H3,(H,23,29)(H,24,30). The van der Waals surface area contributed by atoms with E-state index in [0.717, 1.165) is 29.8 Å². The lowest BCUT2D eigenvalue weighted by Crippen LogP contribution is -2.29. The molecule has 4 rings (SSSR count). The summed E-state index contributed by atoms with van der Waals surface area (Å²) in [4.78, 5) is 24.2. The number of anilines is 1. The van der Waals surface area contributed by atoms with E-state index in [0.29, 0.717) is 16.8 Å². The molecule has 0 saturated heterocycles. The number of hydrogen-bond donors (Lipinski definition) is 2. The molecule has 1 aliphatic rings. The lowest BCUT2D eigenvalue weighted by molar-refractivity contribution is -0.120. The molecule has 1 saturated carbocycles. The highest BCUT2D eigenvalue weighted by Gasteiger charge is 2.28. The summed E-state index contributed by atoms with van der Waals surface area (Å²) in [6, 6.07) is 14.4. The van der Waals surface area contributed by atoms with Gasteiger partial charge in [-0.1, -0.05) is 23.7 Å². The van der Waals surface area contributed by atoms with Crippen LogP contribution in [0.15, 0.2) is 48.5 Å². The Hall–Kier alpha value is -3.26. The van der Waals surface area contributed by atoms with Gasteiger partial charge in [-0.05, 0) is 65.2 Å². The summed E-state index contributed by atoms with van der Waals surface area (Å²) in [6.07, 6.45) is 2.29. The second-order valence-electron chi connectivity index (χ2n) is 7.31. The van der Waals surface area contributed by atoms with Crippen LogP contribution < -0.4 is 10.6 Å². The lowest BCUT2D eigenvalue weighted by atomic mass is 10.0. The van der Waals surface area contributed by atoms with Crippen molar-refractivity contribution < 1.29 is 9.59 Å². The number of nitrogens with one attached hydrogen (secondary N) is 2. The van der Waals surface area contributed by atoms with E-state index in [-0.39, 0.29) is 18.2 Å². The molecule has 2 amide bonds. The summed E-state index contributed by atoms with van der Waals surface area (Å²) in [6.45, 7) is 1.43. The van der Waals surface area contributed by atoms with Crippen LogP contribution in [0.25, 0.3) is 11.4 Å². The molecular formula is C21H21ClN6O2. The summed E-state index contributed by atoms with van der Waals surface area (Å²) in [5.41, 5.74) is 2.36. The van der Waals surface area contributed by atoms with Gasteiger partial charge in [-0.25, -0.2) is 4.68 Å². The molecule has 2 aromatic carbocycles. The molecule has 30 heavy (non-hydrogen) atoms. The summed E-state index contributed by atoms with van der Waals surface area (Å²) < 4.78 is 1.84. The summed E-state index contributed by atoms with van der Waals surface area (Å²) in [7, 11) is 0. The lowest BCUT2D eigenvalue weighted by Gasteiger charge is -2.18. The number of carbonyl (C=O) groups is 2. The van der Waals surface area contributed by atoms with Crippen molar-refractivity contribution in [1.29, 1.82) is 0 Å². The van der Waals surface area contributed by atoms with Crippen molar-refractivity contribution in [3.05, 3.63) is 59.1 Å². The number of hydrogen-bond acceptors (Lipinski definition) is 5. The van der Waals surface area contributed by atoms with Crippen molar-refractivity contribution in [1.82, 2.24) is 25.5 Å². The van der Waals surface area contributed by atoms with Gasteiger partial charge in [-0.3, -0.25) is 9.59 Å². The van der Waals surface area contributed by atoms with Crippen molar-refractivity contribution in [2.24, 2.45) is 0 Å². The Kier molecular flexibility index (Phi) is 5.76. The van der Waals surface area contributed by atoms with Crippen molar-refractivity contribution in [2.45, 2.75) is 38.3 Å². The molecule has 1 unspecified atom stereocenters. The van der Waals surface area contributed by atoms with Crippen LogP contribution in [0.5, 0.6) is 0 Å². The highest BCUT2D eigenvalue weighted by Crippen LogP contribution is 2.36. The summed E-state index contributed by atoms with van der Waals surface area (Å²) in [5.74, 6) is 0.309. The van der Waals surface area contributed by atoms with Crippen LogP contribution in [0.2, 0.25) is 5.02 Å². The minimum atomic E-state index is -0.442. The Morgan fingerprint density at radius 1 is 1.13 bits per heavy atom. The number of aromatic nitrogens is 4. The van der Waals surface area contributed by atoms with Crippen LogP contribution >= 0.6 is 11.6 Å². The Bertz CT molecular complexity index is 1040. The van der Waals surface area contributed by atoms with Crippen molar-refractivity contribution in [3.63, 3.8) is 0 Å². The quantitative estimate of drug-likeness (QED) is 0.604. The van der Waals surface area contributed by atoms with Gasteiger partial charge in [-0.15, -0.1) is 5.10 Å². The maximum atomic E-state index is 12.6. The van der Waals surface area contributed by atoms with E-state index < -0.39 is 6.04 Å². The number of carbonyl (C=O) groups excluding carboxylic acids is 2. The minimum Gasteiger partial charge on any atom is -0.349 e. The zero-order valence-electron chi connectivity index (χ0n) is 16.4. The molecule has 0 radical (unpaired) electrons. The van der Waals surface area contributed by atoms with Gasteiger partial charge in [-0.2, -0.15) is 0 Å². The van der Waals surface area contributed by atoms with Gasteiger partial charge in [0.25, 0.3) is 0 Å². The number of tetrazole rings is 1. The normalized spacial score (nSPS) is 14.2. The first kappa shape index (κ1) is 20.0. The van der Waals surface area contributed by atoms with Crippen LogP contribution in [0.3, 0.4) is 0 Å². The number of rotatable bonds is 7. The van der Waals surface area contributed by atoms with Crippen LogP contribution in [0.1, 0.15) is 43.8 Å². The predicted molar refractivity (Wildman–Crippen MR) is 113 cm³/mol. The first-order valence-electron chi connectivity index (χ1n) is 9.70. The average Bonchev–Trinajstić information content (AvgIpc) is 3.45. The fraction of sp³-hybridized carbons (Fsp3) is 0.286. The van der Waals surface area contributed by atoms with Crippen LogP contribution in [-0.4, -0.2) is 32.0 Å². The molecule has 0 aliphatic heterocycles. The largest absolute Gasteiger partial charge is 0.349 e. The van der Waals surface area contributed by atoms with Crippen LogP contribution in [0, 0.1) is 0 Å². The highest BCUT2D eigenvalue weighted by atomic mass is 35.5. The highest BCUT2D eigenvalue weighted by molar-refractivity contribution is 6.30. The minimum absolute atomic E-state index is 0.100. The Balaban J connectivity index is 1.42. The van der Waals surface area contributed by atoms with Gasteiger partial charge in [0.05, 0.1) is 18.5 Å². The van der Waals surface area contributed by atoms with E-state index in [2.05, 4.69) is 26.2 Å². The molecule has 2 N–H and O–H groups in total. The van der Waals surface area contributed by atoms with E-state index in [1.165, 1.54) is 6.92 Å². The SMILES string of the molecule is CC(=O)NC(CC(=O)Nc1ccc(-c2nnnn2C2CC2)cc1)c1ccc(Cl)cc1. The fourth-order valence-electron chi connectivity index (χ4n) is 3.24.